The van der Waals surface area contributed by atoms with Crippen LogP contribution in [0.15, 0.2) is 78.9 Å². The van der Waals surface area contributed by atoms with Crippen molar-refractivity contribution in [2.45, 2.75) is 62.9 Å². The molecule has 0 heterocycles. The first-order valence-corrected chi connectivity index (χ1v) is 15.1. The Morgan fingerprint density at radius 2 is 1.50 bits per heavy atom. The van der Waals surface area contributed by atoms with Crippen LogP contribution in [-0.4, -0.2) is 34.6 Å². The van der Waals surface area contributed by atoms with Gasteiger partial charge in [0.1, 0.15) is 6.04 Å². The number of benzene rings is 3. The van der Waals surface area contributed by atoms with Crippen LogP contribution in [0.3, 0.4) is 0 Å². The Morgan fingerprint density at radius 1 is 0.842 bits per heavy atom. The molecule has 4 nitrogen and oxygen atoms in total. The van der Waals surface area contributed by atoms with Gasteiger partial charge in [-0.1, -0.05) is 109 Å². The highest BCUT2D eigenvalue weighted by Gasteiger charge is 2.31. The van der Waals surface area contributed by atoms with Crippen LogP contribution in [0.25, 0.3) is 0 Å². The van der Waals surface area contributed by atoms with Crippen LogP contribution in [-0.2, 0) is 28.3 Å². The molecule has 1 aliphatic rings. The Bertz CT molecular complexity index is 1190. The van der Waals surface area contributed by atoms with Gasteiger partial charge in [-0.3, -0.25) is 9.59 Å². The number of carbonyl (C=O) groups is 2. The van der Waals surface area contributed by atoms with Crippen molar-refractivity contribution in [2.24, 2.45) is 0 Å². The third kappa shape index (κ3) is 8.52. The summed E-state index contributed by atoms with van der Waals surface area (Å²) in [4.78, 5) is 29.3. The monoisotopic (exact) mass is 568 g/mol. The predicted octanol–water partition coefficient (Wildman–Crippen LogP) is 7.32. The maximum Gasteiger partial charge on any atom is 0.243 e. The van der Waals surface area contributed by atoms with Crippen molar-refractivity contribution in [1.29, 1.82) is 0 Å². The van der Waals surface area contributed by atoms with Gasteiger partial charge in [0.25, 0.3) is 0 Å². The fraction of sp³-hybridized carbons (Fsp3) is 0.355. The molecule has 1 aliphatic carbocycles. The standard InChI is InChI=1S/C31H34Cl2N2O2S/c32-27-17-16-25(18-28(27)33)21-38-22-30(36)35(20-24-12-6-2-7-13-24)29(19-23-10-4-1-5-11-23)31(37)34-26-14-8-3-9-15-26/h1-2,4-7,10-13,16-18,26,29H,3,8-9,14-15,19-22H2,(H,34,37)/t29-/m0/s1. The molecule has 1 saturated carbocycles. The minimum Gasteiger partial charge on any atom is -0.352 e. The Hall–Kier alpha value is -2.47. The molecule has 0 saturated heterocycles. The van der Waals surface area contributed by atoms with Gasteiger partial charge in [-0.05, 0) is 41.7 Å². The lowest BCUT2D eigenvalue weighted by molar-refractivity contribution is -0.139. The van der Waals surface area contributed by atoms with Crippen molar-refractivity contribution in [3.63, 3.8) is 0 Å². The summed E-state index contributed by atoms with van der Waals surface area (Å²) in [6.07, 6.45) is 5.94. The quantitative estimate of drug-likeness (QED) is 0.263. The highest BCUT2D eigenvalue weighted by molar-refractivity contribution is 7.99. The van der Waals surface area contributed by atoms with Crippen molar-refractivity contribution in [3.05, 3.63) is 106 Å². The van der Waals surface area contributed by atoms with Crippen molar-refractivity contribution >= 4 is 46.8 Å². The SMILES string of the molecule is O=C(NC1CCCCC1)[C@H](Cc1ccccc1)N(Cc1ccccc1)C(=O)CSCc1ccc(Cl)c(Cl)c1. The molecule has 200 valence electrons. The van der Waals surface area contributed by atoms with Crippen molar-refractivity contribution in [2.75, 3.05) is 5.75 Å². The smallest absolute Gasteiger partial charge is 0.243 e. The van der Waals surface area contributed by atoms with Crippen LogP contribution in [0.1, 0.15) is 48.8 Å². The van der Waals surface area contributed by atoms with Gasteiger partial charge in [0.05, 0.1) is 15.8 Å². The van der Waals surface area contributed by atoms with Gasteiger partial charge in [-0.25, -0.2) is 0 Å². The summed E-state index contributed by atoms with van der Waals surface area (Å²) in [5.41, 5.74) is 3.03. The van der Waals surface area contributed by atoms with E-state index in [4.69, 9.17) is 23.2 Å². The molecule has 4 rings (SSSR count). The minimum atomic E-state index is -0.599. The van der Waals surface area contributed by atoms with E-state index in [1.165, 1.54) is 18.2 Å². The highest BCUT2D eigenvalue weighted by Crippen LogP contribution is 2.25. The van der Waals surface area contributed by atoms with Gasteiger partial charge in [0.2, 0.25) is 11.8 Å². The second-order valence-electron chi connectivity index (χ2n) is 9.80. The first kappa shape index (κ1) is 28.5. The summed E-state index contributed by atoms with van der Waals surface area (Å²) in [5.74, 6) is 0.757. The summed E-state index contributed by atoms with van der Waals surface area (Å²) in [7, 11) is 0. The van der Waals surface area contributed by atoms with E-state index in [1.807, 2.05) is 72.8 Å². The molecule has 3 aromatic carbocycles. The number of hydrogen-bond donors (Lipinski definition) is 1. The molecule has 0 aromatic heterocycles. The summed E-state index contributed by atoms with van der Waals surface area (Å²) < 4.78 is 0. The second kappa shape index (κ2) is 14.6. The normalized spacial score (nSPS) is 14.6. The van der Waals surface area contributed by atoms with Gasteiger partial charge in [0, 0.05) is 24.8 Å². The number of rotatable bonds is 11. The fourth-order valence-corrected chi connectivity index (χ4v) is 6.03. The Morgan fingerprint density at radius 3 is 2.16 bits per heavy atom. The molecular weight excluding hydrogens is 535 g/mol. The summed E-state index contributed by atoms with van der Waals surface area (Å²) in [6.45, 7) is 0.378. The van der Waals surface area contributed by atoms with E-state index < -0.39 is 6.04 Å². The number of amides is 2. The molecular formula is C31H34Cl2N2O2S. The number of hydrogen-bond acceptors (Lipinski definition) is 3. The average Bonchev–Trinajstić information content (AvgIpc) is 2.94. The molecule has 0 spiro atoms. The third-order valence-corrected chi connectivity index (χ3v) is 8.62. The Kier molecular flexibility index (Phi) is 11.0. The molecule has 1 fully saturated rings. The van der Waals surface area contributed by atoms with Crippen LogP contribution in [0.5, 0.6) is 0 Å². The van der Waals surface area contributed by atoms with Gasteiger partial charge >= 0.3 is 0 Å². The molecule has 7 heteroatoms. The fourth-order valence-electron chi connectivity index (χ4n) is 4.85. The lowest BCUT2D eigenvalue weighted by atomic mass is 9.94. The summed E-state index contributed by atoms with van der Waals surface area (Å²) in [6, 6.07) is 24.9. The first-order chi connectivity index (χ1) is 18.5. The second-order valence-corrected chi connectivity index (χ2v) is 11.6. The molecule has 0 aliphatic heterocycles. The molecule has 0 bridgehead atoms. The van der Waals surface area contributed by atoms with Gasteiger partial charge in [0.15, 0.2) is 0 Å². The lowest BCUT2D eigenvalue weighted by Crippen LogP contribution is -2.53. The minimum absolute atomic E-state index is 0.0568. The van der Waals surface area contributed by atoms with E-state index in [0.29, 0.717) is 28.8 Å². The molecule has 2 amide bonds. The van der Waals surface area contributed by atoms with E-state index in [-0.39, 0.29) is 23.6 Å². The summed E-state index contributed by atoms with van der Waals surface area (Å²) in [5, 5.41) is 4.30. The zero-order chi connectivity index (χ0) is 26.7. The topological polar surface area (TPSA) is 49.4 Å². The van der Waals surface area contributed by atoms with E-state index in [2.05, 4.69) is 5.32 Å². The molecule has 1 atom stereocenters. The van der Waals surface area contributed by atoms with E-state index in [1.54, 1.807) is 11.0 Å². The highest BCUT2D eigenvalue weighted by atomic mass is 35.5. The van der Waals surface area contributed by atoms with Crippen molar-refractivity contribution in [1.82, 2.24) is 10.2 Å². The van der Waals surface area contributed by atoms with Crippen LogP contribution >= 0.6 is 35.0 Å². The predicted molar refractivity (Wildman–Crippen MR) is 159 cm³/mol. The number of halogens is 2. The molecule has 38 heavy (non-hydrogen) atoms. The van der Waals surface area contributed by atoms with Crippen LogP contribution in [0.2, 0.25) is 10.0 Å². The van der Waals surface area contributed by atoms with E-state index in [9.17, 15) is 9.59 Å². The van der Waals surface area contributed by atoms with Crippen LogP contribution in [0.4, 0.5) is 0 Å². The Balaban J connectivity index is 1.54. The van der Waals surface area contributed by atoms with Crippen molar-refractivity contribution in [3.8, 4) is 0 Å². The van der Waals surface area contributed by atoms with E-state index >= 15 is 0 Å². The average molecular weight is 570 g/mol. The van der Waals surface area contributed by atoms with Gasteiger partial charge in [-0.15, -0.1) is 11.8 Å². The molecule has 1 N–H and O–H groups in total. The van der Waals surface area contributed by atoms with Crippen LogP contribution in [0, 0.1) is 0 Å². The first-order valence-electron chi connectivity index (χ1n) is 13.2. The zero-order valence-electron chi connectivity index (χ0n) is 21.5. The van der Waals surface area contributed by atoms with Crippen LogP contribution < -0.4 is 5.32 Å². The largest absolute Gasteiger partial charge is 0.352 e. The number of nitrogens with one attached hydrogen (secondary N) is 1. The number of nitrogens with zero attached hydrogens (tertiary/aromatic N) is 1. The molecule has 0 unspecified atom stereocenters. The maximum atomic E-state index is 13.8. The van der Waals surface area contributed by atoms with Gasteiger partial charge in [-0.2, -0.15) is 0 Å². The lowest BCUT2D eigenvalue weighted by Gasteiger charge is -2.33. The third-order valence-electron chi connectivity index (χ3n) is 6.90. The summed E-state index contributed by atoms with van der Waals surface area (Å²) >= 11 is 13.7. The van der Waals surface area contributed by atoms with E-state index in [0.717, 1.165) is 42.4 Å². The number of thioether (sulfide) groups is 1. The number of carbonyl (C=O) groups excluding carboxylic acids is 2. The van der Waals surface area contributed by atoms with Crippen molar-refractivity contribution < 1.29 is 9.59 Å². The molecule has 3 aromatic rings. The zero-order valence-corrected chi connectivity index (χ0v) is 23.8. The van der Waals surface area contributed by atoms with Gasteiger partial charge < -0.3 is 10.2 Å². The molecule has 0 radical (unpaired) electrons. The maximum absolute atomic E-state index is 13.8. The Labute approximate surface area is 240 Å².